The van der Waals surface area contributed by atoms with Crippen LogP contribution >= 0.6 is 0 Å². The predicted molar refractivity (Wildman–Crippen MR) is 70.5 cm³/mol. The Morgan fingerprint density at radius 3 is 3.16 bits per heavy atom. The number of carbonyl (C=O) groups excluding carboxylic acids is 1. The fourth-order valence-corrected chi connectivity index (χ4v) is 2.31. The van der Waals surface area contributed by atoms with Crippen molar-refractivity contribution >= 4 is 11.6 Å². The number of imidazole rings is 1. The highest BCUT2D eigenvalue weighted by Crippen LogP contribution is 2.31. The third kappa shape index (κ3) is 1.87. The first kappa shape index (κ1) is 11.5. The van der Waals surface area contributed by atoms with Gasteiger partial charge in [0.1, 0.15) is 5.82 Å². The van der Waals surface area contributed by atoms with E-state index < -0.39 is 0 Å². The quantitative estimate of drug-likeness (QED) is 0.883. The first-order chi connectivity index (χ1) is 9.19. The zero-order valence-corrected chi connectivity index (χ0v) is 10.5. The van der Waals surface area contributed by atoms with Crippen LogP contribution in [0.2, 0.25) is 0 Å². The number of rotatable bonds is 2. The molecule has 0 spiro atoms. The summed E-state index contributed by atoms with van der Waals surface area (Å²) in [4.78, 5) is 20.6. The molecule has 1 N–H and O–H groups in total. The van der Waals surface area contributed by atoms with E-state index in [-0.39, 0.29) is 12.3 Å². The fourth-order valence-electron chi connectivity index (χ4n) is 2.31. The van der Waals surface area contributed by atoms with Gasteiger partial charge in [-0.25, -0.2) is 4.98 Å². The van der Waals surface area contributed by atoms with E-state index in [1.165, 1.54) is 0 Å². The van der Waals surface area contributed by atoms with Crippen LogP contribution in [0.25, 0.3) is 11.3 Å². The highest BCUT2D eigenvalue weighted by Gasteiger charge is 2.24. The first-order valence-corrected chi connectivity index (χ1v) is 5.99. The molecule has 1 amide bonds. The number of nitrogens with zero attached hydrogens (tertiary/aromatic N) is 3. The van der Waals surface area contributed by atoms with Gasteiger partial charge in [-0.2, -0.15) is 5.26 Å². The van der Waals surface area contributed by atoms with Crippen LogP contribution in [0.1, 0.15) is 11.4 Å². The van der Waals surface area contributed by atoms with Crippen molar-refractivity contribution in [2.75, 3.05) is 11.9 Å². The summed E-state index contributed by atoms with van der Waals surface area (Å²) < 4.78 is 0. The minimum atomic E-state index is 0.113. The normalized spacial score (nSPS) is 13.5. The standard InChI is InChI=1S/C14H12N4O/c1-18-12-3-2-9(6-10(12)7-14(18)19)11-8-16-13(17-11)4-5-15/h2-3,6,8H,4,7H2,1H3,(H,16,17). The minimum absolute atomic E-state index is 0.113. The molecular weight excluding hydrogens is 240 g/mol. The first-order valence-electron chi connectivity index (χ1n) is 5.99. The Morgan fingerprint density at radius 2 is 2.37 bits per heavy atom. The second-order valence-corrected chi connectivity index (χ2v) is 4.55. The second-order valence-electron chi connectivity index (χ2n) is 4.55. The molecule has 2 aromatic rings. The number of aromatic nitrogens is 2. The molecule has 94 valence electrons. The Labute approximate surface area is 110 Å². The highest BCUT2D eigenvalue weighted by molar-refractivity contribution is 6.01. The molecule has 1 aliphatic rings. The molecule has 19 heavy (non-hydrogen) atoms. The van der Waals surface area contributed by atoms with Gasteiger partial charge in [-0.05, 0) is 23.3 Å². The molecule has 1 aromatic carbocycles. The van der Waals surface area contributed by atoms with Gasteiger partial charge in [-0.1, -0.05) is 6.07 Å². The molecule has 0 unspecified atom stereocenters. The Balaban J connectivity index is 1.97. The summed E-state index contributed by atoms with van der Waals surface area (Å²) in [5.41, 5.74) is 3.85. The summed E-state index contributed by atoms with van der Waals surface area (Å²) in [7, 11) is 1.79. The number of fused-ring (bicyclic) bond motifs is 1. The third-order valence-electron chi connectivity index (χ3n) is 3.34. The summed E-state index contributed by atoms with van der Waals surface area (Å²) in [5, 5.41) is 8.63. The Kier molecular flexibility index (Phi) is 2.57. The van der Waals surface area contributed by atoms with Crippen LogP contribution in [0.3, 0.4) is 0 Å². The third-order valence-corrected chi connectivity index (χ3v) is 3.34. The SMILES string of the molecule is CN1C(=O)Cc2cc(-c3cnc(CC#N)[nH]3)ccc21. The molecule has 2 heterocycles. The van der Waals surface area contributed by atoms with Gasteiger partial charge in [0.25, 0.3) is 0 Å². The van der Waals surface area contributed by atoms with Gasteiger partial charge in [0.2, 0.25) is 5.91 Å². The number of amides is 1. The summed E-state index contributed by atoms with van der Waals surface area (Å²) in [6.45, 7) is 0. The van der Waals surface area contributed by atoms with Crippen molar-refractivity contribution in [1.29, 1.82) is 5.26 Å². The van der Waals surface area contributed by atoms with Gasteiger partial charge >= 0.3 is 0 Å². The molecule has 0 fully saturated rings. The largest absolute Gasteiger partial charge is 0.341 e. The van der Waals surface area contributed by atoms with E-state index in [1.807, 2.05) is 18.2 Å². The molecule has 3 rings (SSSR count). The number of carbonyl (C=O) groups is 1. The monoisotopic (exact) mass is 252 g/mol. The molecule has 5 heteroatoms. The lowest BCUT2D eigenvalue weighted by molar-refractivity contribution is -0.117. The van der Waals surface area contributed by atoms with Crippen molar-refractivity contribution in [2.45, 2.75) is 12.8 Å². The number of likely N-dealkylation sites (N-methyl/N-ethyl adjacent to an activating group) is 1. The number of nitrogens with one attached hydrogen (secondary N) is 1. The van der Waals surface area contributed by atoms with Gasteiger partial charge in [-0.15, -0.1) is 0 Å². The number of H-pyrrole nitrogens is 1. The van der Waals surface area contributed by atoms with Gasteiger partial charge in [0.15, 0.2) is 0 Å². The maximum atomic E-state index is 11.6. The summed E-state index contributed by atoms with van der Waals surface area (Å²) >= 11 is 0. The number of benzene rings is 1. The van der Waals surface area contributed by atoms with Crippen molar-refractivity contribution in [3.8, 4) is 17.3 Å². The molecule has 5 nitrogen and oxygen atoms in total. The van der Waals surface area contributed by atoms with Crippen LogP contribution in [0.15, 0.2) is 24.4 Å². The van der Waals surface area contributed by atoms with E-state index in [0.717, 1.165) is 22.5 Å². The number of hydrogen-bond acceptors (Lipinski definition) is 3. The maximum absolute atomic E-state index is 11.6. The van der Waals surface area contributed by atoms with Crippen LogP contribution in [0.5, 0.6) is 0 Å². The Bertz CT molecular complexity index is 696. The molecule has 0 saturated heterocycles. The van der Waals surface area contributed by atoms with Crippen LogP contribution < -0.4 is 4.90 Å². The van der Waals surface area contributed by atoms with E-state index in [1.54, 1.807) is 18.1 Å². The zero-order chi connectivity index (χ0) is 13.4. The van der Waals surface area contributed by atoms with E-state index in [9.17, 15) is 4.79 Å². The van der Waals surface area contributed by atoms with Crippen molar-refractivity contribution in [2.24, 2.45) is 0 Å². The molecule has 0 atom stereocenters. The number of anilines is 1. The second kappa shape index (κ2) is 4.25. The van der Waals surface area contributed by atoms with Crippen molar-refractivity contribution in [1.82, 2.24) is 9.97 Å². The summed E-state index contributed by atoms with van der Waals surface area (Å²) in [6.07, 6.45) is 2.43. The lowest BCUT2D eigenvalue weighted by Crippen LogP contribution is -2.20. The average Bonchev–Trinajstić information content (AvgIpc) is 2.96. The summed E-state index contributed by atoms with van der Waals surface area (Å²) in [6, 6.07) is 7.96. The number of nitriles is 1. The Hall–Kier alpha value is -2.61. The van der Waals surface area contributed by atoms with Crippen LogP contribution in [0, 0.1) is 11.3 Å². The zero-order valence-electron chi connectivity index (χ0n) is 10.5. The smallest absolute Gasteiger partial charge is 0.231 e. The van der Waals surface area contributed by atoms with Crippen LogP contribution in [-0.4, -0.2) is 22.9 Å². The summed E-state index contributed by atoms with van der Waals surface area (Å²) in [5.74, 6) is 0.771. The van der Waals surface area contributed by atoms with Crippen LogP contribution in [0.4, 0.5) is 5.69 Å². The highest BCUT2D eigenvalue weighted by atomic mass is 16.2. The lowest BCUT2D eigenvalue weighted by Gasteiger charge is -2.10. The van der Waals surface area contributed by atoms with Gasteiger partial charge < -0.3 is 9.88 Å². The fraction of sp³-hybridized carbons (Fsp3) is 0.214. The minimum Gasteiger partial charge on any atom is -0.341 e. The van der Waals surface area contributed by atoms with E-state index >= 15 is 0 Å². The molecule has 1 aromatic heterocycles. The van der Waals surface area contributed by atoms with Gasteiger partial charge in [0.05, 0.1) is 30.8 Å². The van der Waals surface area contributed by atoms with Gasteiger partial charge in [0, 0.05) is 12.7 Å². The molecule has 0 bridgehead atoms. The number of hydrogen-bond donors (Lipinski definition) is 1. The maximum Gasteiger partial charge on any atom is 0.231 e. The van der Waals surface area contributed by atoms with Crippen molar-refractivity contribution in [3.63, 3.8) is 0 Å². The molecular formula is C14H12N4O. The van der Waals surface area contributed by atoms with E-state index in [2.05, 4.69) is 16.0 Å². The van der Waals surface area contributed by atoms with Crippen LogP contribution in [-0.2, 0) is 17.6 Å². The molecule has 0 radical (unpaired) electrons. The van der Waals surface area contributed by atoms with E-state index in [4.69, 9.17) is 5.26 Å². The van der Waals surface area contributed by atoms with E-state index in [0.29, 0.717) is 12.2 Å². The lowest BCUT2D eigenvalue weighted by atomic mass is 10.1. The Morgan fingerprint density at radius 1 is 1.53 bits per heavy atom. The molecule has 0 aliphatic carbocycles. The molecule has 1 aliphatic heterocycles. The van der Waals surface area contributed by atoms with Gasteiger partial charge in [-0.3, -0.25) is 4.79 Å². The predicted octanol–water partition coefficient (Wildman–Crippen LogP) is 1.66. The average molecular weight is 252 g/mol. The number of aromatic amines is 1. The van der Waals surface area contributed by atoms with Crippen molar-refractivity contribution in [3.05, 3.63) is 35.8 Å². The topological polar surface area (TPSA) is 72.8 Å². The molecule has 0 saturated carbocycles. The van der Waals surface area contributed by atoms with Crippen molar-refractivity contribution < 1.29 is 4.79 Å².